The number of halogens is 1. The normalized spacial score (nSPS) is 18.4. The maximum absolute atomic E-state index is 5.90. The third-order valence-corrected chi connectivity index (χ3v) is 5.14. The average molecular weight is 349 g/mol. The molecule has 0 saturated carbocycles. The van der Waals surface area contributed by atoms with Gasteiger partial charge in [-0.05, 0) is 25.3 Å². The van der Waals surface area contributed by atoms with E-state index in [9.17, 15) is 0 Å². The molecule has 0 amide bonds. The first-order chi connectivity index (χ1) is 11.3. The average Bonchev–Trinajstić information content (AvgIpc) is 3.20. The largest absolute Gasteiger partial charge is 0.378 e. The molecule has 3 aromatic rings. The highest BCUT2D eigenvalue weighted by molar-refractivity contribution is 7.15. The lowest BCUT2D eigenvalue weighted by Gasteiger charge is -2.24. The molecule has 0 spiro atoms. The van der Waals surface area contributed by atoms with Crippen LogP contribution in [-0.4, -0.2) is 21.4 Å². The topological polar surface area (TPSA) is 52.0 Å². The van der Waals surface area contributed by atoms with Gasteiger partial charge in [-0.15, -0.1) is 11.3 Å². The molecule has 5 nitrogen and oxygen atoms in total. The fourth-order valence-corrected chi connectivity index (χ4v) is 3.85. The number of thiazole rings is 1. The van der Waals surface area contributed by atoms with Crippen molar-refractivity contribution in [3.8, 4) is 0 Å². The minimum absolute atomic E-state index is 0.0297. The molecule has 0 aliphatic carbocycles. The number of aromatic nitrogens is 3. The maximum Gasteiger partial charge on any atom is 0.183 e. The number of rotatable bonds is 4. The predicted octanol–water partition coefficient (Wildman–Crippen LogP) is 4.46. The second-order valence-corrected chi connectivity index (χ2v) is 7.28. The summed E-state index contributed by atoms with van der Waals surface area (Å²) in [6.45, 7) is 1.50. The Bertz CT molecular complexity index is 809. The number of nitrogens with zero attached hydrogens (tertiary/aromatic N) is 3. The Balaban J connectivity index is 1.64. The summed E-state index contributed by atoms with van der Waals surface area (Å²) in [4.78, 5) is 5.18. The van der Waals surface area contributed by atoms with Crippen LogP contribution in [0.5, 0.6) is 0 Å². The van der Waals surface area contributed by atoms with Crippen molar-refractivity contribution in [2.75, 3.05) is 11.9 Å². The summed E-state index contributed by atoms with van der Waals surface area (Å²) in [5, 5.41) is 9.15. The van der Waals surface area contributed by atoms with Gasteiger partial charge in [-0.25, -0.2) is 9.67 Å². The van der Waals surface area contributed by atoms with Crippen LogP contribution in [-0.2, 0) is 11.3 Å². The minimum atomic E-state index is 0.0297. The molecule has 1 saturated heterocycles. The van der Waals surface area contributed by atoms with Crippen molar-refractivity contribution in [1.82, 2.24) is 14.8 Å². The van der Waals surface area contributed by atoms with E-state index in [-0.39, 0.29) is 6.23 Å². The number of fused-ring (bicyclic) bond motifs is 1. The summed E-state index contributed by atoms with van der Waals surface area (Å²) in [6, 6.07) is 6.19. The van der Waals surface area contributed by atoms with Crippen LogP contribution in [0.3, 0.4) is 0 Å². The van der Waals surface area contributed by atoms with E-state index in [0.717, 1.165) is 40.9 Å². The molecular weight excluding hydrogens is 332 g/mol. The number of hydrogen-bond acceptors (Lipinski definition) is 5. The van der Waals surface area contributed by atoms with Gasteiger partial charge < -0.3 is 10.1 Å². The van der Waals surface area contributed by atoms with E-state index < -0.39 is 0 Å². The Morgan fingerprint density at radius 2 is 2.30 bits per heavy atom. The number of anilines is 1. The van der Waals surface area contributed by atoms with Gasteiger partial charge in [-0.3, -0.25) is 0 Å². The van der Waals surface area contributed by atoms with Crippen LogP contribution in [0.2, 0.25) is 4.47 Å². The van der Waals surface area contributed by atoms with Crippen LogP contribution >= 0.6 is 22.9 Å². The Morgan fingerprint density at radius 1 is 1.35 bits per heavy atom. The fraction of sp³-hybridized carbons (Fsp3) is 0.375. The van der Waals surface area contributed by atoms with E-state index in [0.29, 0.717) is 11.0 Å². The molecule has 3 heterocycles. The molecule has 1 atom stereocenters. The Labute approximate surface area is 143 Å². The summed E-state index contributed by atoms with van der Waals surface area (Å²) in [5.74, 6) is 0. The lowest BCUT2D eigenvalue weighted by Crippen LogP contribution is -2.19. The molecule has 0 radical (unpaired) electrons. The Hall–Kier alpha value is -1.63. The van der Waals surface area contributed by atoms with Gasteiger partial charge in [-0.1, -0.05) is 23.7 Å². The van der Waals surface area contributed by atoms with E-state index >= 15 is 0 Å². The van der Waals surface area contributed by atoms with Gasteiger partial charge >= 0.3 is 0 Å². The second kappa shape index (κ2) is 6.47. The molecule has 1 N–H and O–H groups in total. The SMILES string of the molecule is Clc1ncc(CNc2cccc3cnn(C4CCCCO4)c23)s1. The molecule has 4 rings (SSSR count). The van der Waals surface area contributed by atoms with Gasteiger partial charge in [0.25, 0.3) is 0 Å². The highest BCUT2D eigenvalue weighted by atomic mass is 35.5. The van der Waals surface area contributed by atoms with Gasteiger partial charge in [0.15, 0.2) is 10.7 Å². The van der Waals surface area contributed by atoms with Gasteiger partial charge in [0.1, 0.15) is 0 Å². The van der Waals surface area contributed by atoms with Crippen LogP contribution in [0.1, 0.15) is 30.4 Å². The number of para-hydroxylation sites is 1. The van der Waals surface area contributed by atoms with Crippen molar-refractivity contribution in [1.29, 1.82) is 0 Å². The molecule has 23 heavy (non-hydrogen) atoms. The van der Waals surface area contributed by atoms with Gasteiger partial charge in [0.05, 0.1) is 23.9 Å². The zero-order chi connectivity index (χ0) is 15.6. The van der Waals surface area contributed by atoms with Crippen molar-refractivity contribution < 1.29 is 4.74 Å². The molecular formula is C16H17ClN4OS. The van der Waals surface area contributed by atoms with Crippen LogP contribution in [0.4, 0.5) is 5.69 Å². The van der Waals surface area contributed by atoms with Gasteiger partial charge in [-0.2, -0.15) is 5.10 Å². The second-order valence-electron chi connectivity index (χ2n) is 5.59. The smallest absolute Gasteiger partial charge is 0.183 e. The van der Waals surface area contributed by atoms with Crippen molar-refractivity contribution in [3.05, 3.63) is 39.9 Å². The molecule has 1 fully saturated rings. The molecule has 1 aliphatic rings. The number of ether oxygens (including phenoxy) is 1. The molecule has 1 aromatic carbocycles. The summed E-state index contributed by atoms with van der Waals surface area (Å²) in [7, 11) is 0. The van der Waals surface area contributed by atoms with Crippen LogP contribution in [0.25, 0.3) is 10.9 Å². The predicted molar refractivity (Wildman–Crippen MR) is 93.0 cm³/mol. The summed E-state index contributed by atoms with van der Waals surface area (Å²) < 4.78 is 8.48. The van der Waals surface area contributed by atoms with E-state index in [1.807, 2.05) is 23.1 Å². The number of benzene rings is 1. The molecule has 1 aliphatic heterocycles. The van der Waals surface area contributed by atoms with Crippen molar-refractivity contribution in [2.24, 2.45) is 0 Å². The molecule has 7 heteroatoms. The van der Waals surface area contributed by atoms with Crippen LogP contribution in [0, 0.1) is 0 Å². The van der Waals surface area contributed by atoms with Crippen LogP contribution in [0.15, 0.2) is 30.6 Å². The summed E-state index contributed by atoms with van der Waals surface area (Å²) in [6.07, 6.45) is 7.06. The fourth-order valence-electron chi connectivity index (χ4n) is 2.93. The lowest BCUT2D eigenvalue weighted by molar-refractivity contribution is -0.0366. The molecule has 120 valence electrons. The first-order valence-corrected chi connectivity index (χ1v) is 8.92. The van der Waals surface area contributed by atoms with Crippen molar-refractivity contribution >= 4 is 39.5 Å². The van der Waals surface area contributed by atoms with E-state index in [1.54, 1.807) is 0 Å². The standard InChI is InChI=1S/C16H17ClN4OS/c17-16-19-10-12(23-16)9-18-13-5-3-4-11-8-20-21(15(11)13)14-6-1-2-7-22-14/h3-5,8,10,14,18H,1-2,6-7,9H2. The van der Waals surface area contributed by atoms with Crippen LogP contribution < -0.4 is 5.32 Å². The summed E-state index contributed by atoms with van der Waals surface area (Å²) >= 11 is 7.39. The first kappa shape index (κ1) is 14.9. The Kier molecular flexibility index (Phi) is 4.20. The monoisotopic (exact) mass is 348 g/mol. The molecule has 0 bridgehead atoms. The molecule has 2 aromatic heterocycles. The summed E-state index contributed by atoms with van der Waals surface area (Å²) in [5.41, 5.74) is 2.15. The zero-order valence-electron chi connectivity index (χ0n) is 12.5. The third-order valence-electron chi connectivity index (χ3n) is 4.02. The van der Waals surface area contributed by atoms with Crippen molar-refractivity contribution in [2.45, 2.75) is 32.0 Å². The van der Waals surface area contributed by atoms with Gasteiger partial charge in [0, 0.05) is 23.1 Å². The third kappa shape index (κ3) is 3.06. The number of nitrogens with one attached hydrogen (secondary N) is 1. The Morgan fingerprint density at radius 3 is 3.09 bits per heavy atom. The highest BCUT2D eigenvalue weighted by Gasteiger charge is 2.20. The van der Waals surface area contributed by atoms with Crippen molar-refractivity contribution in [3.63, 3.8) is 0 Å². The van der Waals surface area contributed by atoms with E-state index in [4.69, 9.17) is 16.3 Å². The van der Waals surface area contributed by atoms with Gasteiger partial charge in [0.2, 0.25) is 0 Å². The first-order valence-electron chi connectivity index (χ1n) is 7.73. The quantitative estimate of drug-likeness (QED) is 0.756. The highest BCUT2D eigenvalue weighted by Crippen LogP contribution is 2.30. The maximum atomic E-state index is 5.90. The van der Waals surface area contributed by atoms with E-state index in [1.165, 1.54) is 17.8 Å². The van der Waals surface area contributed by atoms with E-state index in [2.05, 4.69) is 27.5 Å². The minimum Gasteiger partial charge on any atom is -0.378 e. The number of hydrogen-bond donors (Lipinski definition) is 1. The lowest BCUT2D eigenvalue weighted by atomic mass is 10.1. The molecule has 1 unspecified atom stereocenters. The zero-order valence-corrected chi connectivity index (χ0v) is 14.1.